The second-order valence-corrected chi connectivity index (χ2v) is 16.4. The van der Waals surface area contributed by atoms with Crippen molar-refractivity contribution in [3.05, 3.63) is 163 Å². The molecule has 0 amide bonds. The first-order valence-electron chi connectivity index (χ1n) is 18.9. The van der Waals surface area contributed by atoms with Crippen LogP contribution in [0.3, 0.4) is 0 Å². The Bertz CT molecular complexity index is 2680. The number of nitrogens with zero attached hydrogens (tertiary/aromatic N) is 4. The Morgan fingerprint density at radius 2 is 1.20 bits per heavy atom. The molecule has 5 heteroatoms. The molecule has 55 heavy (non-hydrogen) atoms. The molecular weight excluding hydrogens is 673 g/mol. The van der Waals surface area contributed by atoms with Crippen LogP contribution in [0.1, 0.15) is 58.2 Å². The molecule has 0 atom stereocenters. The van der Waals surface area contributed by atoms with Crippen LogP contribution in [0, 0.1) is 6.92 Å². The van der Waals surface area contributed by atoms with Crippen molar-refractivity contribution in [3.63, 3.8) is 0 Å². The third-order valence-corrected chi connectivity index (χ3v) is 10.4. The van der Waals surface area contributed by atoms with Gasteiger partial charge in [-0.2, -0.15) is 0 Å². The number of hydrogen-bond acceptors (Lipinski definition) is 4. The summed E-state index contributed by atoms with van der Waals surface area (Å²) in [4.78, 5) is 15.3. The summed E-state index contributed by atoms with van der Waals surface area (Å²) in [6.07, 6.45) is 3.81. The molecular formula is C50H46N4O. The summed E-state index contributed by atoms with van der Waals surface area (Å²) < 4.78 is 2.20. The summed E-state index contributed by atoms with van der Waals surface area (Å²) in [5, 5.41) is 12.2. The molecule has 0 saturated heterocycles. The second-order valence-electron chi connectivity index (χ2n) is 16.4. The highest BCUT2D eigenvalue weighted by molar-refractivity contribution is 5.96. The fraction of sp³-hybridized carbons (Fsp3) is 0.180. The van der Waals surface area contributed by atoms with E-state index in [4.69, 9.17) is 15.0 Å². The SMILES string of the molecule is Cc1cnc(-c2cccc(-c3nccc4c3nc(-c3cc(C(C)(C)C)cc(C(C)(C)C)c3O)n4-c3ccccc3-c3ccccc3)c2)cc1-c1ccccc1. The van der Waals surface area contributed by atoms with E-state index in [1.165, 1.54) is 0 Å². The van der Waals surface area contributed by atoms with Gasteiger partial charge in [0.15, 0.2) is 0 Å². The lowest BCUT2D eigenvalue weighted by Gasteiger charge is -2.27. The van der Waals surface area contributed by atoms with E-state index in [1.807, 2.05) is 30.6 Å². The maximum Gasteiger partial charge on any atom is 0.149 e. The number of fused-ring (bicyclic) bond motifs is 1. The number of imidazole rings is 1. The molecule has 272 valence electrons. The van der Waals surface area contributed by atoms with E-state index in [9.17, 15) is 5.11 Å². The topological polar surface area (TPSA) is 63.8 Å². The maximum atomic E-state index is 12.2. The summed E-state index contributed by atoms with van der Waals surface area (Å²) in [6, 6.07) is 46.2. The molecule has 8 aromatic rings. The molecule has 0 aliphatic heterocycles. The molecule has 0 fully saturated rings. The van der Waals surface area contributed by atoms with Crippen LogP contribution >= 0.6 is 0 Å². The maximum absolute atomic E-state index is 12.2. The first-order valence-corrected chi connectivity index (χ1v) is 18.9. The van der Waals surface area contributed by atoms with Crippen LogP contribution in [-0.2, 0) is 10.8 Å². The highest BCUT2D eigenvalue weighted by Crippen LogP contribution is 2.45. The molecule has 0 bridgehead atoms. The average Bonchev–Trinajstić information content (AvgIpc) is 3.57. The standard InChI is InChI=1S/C50H46N4O/c1-32-31-52-42(30-39(32)34-19-12-9-13-20-34)35-21-16-22-36(27-35)45-46-44(25-26-51-45)54(43-24-15-14-23-38(43)33-17-10-8-11-18-33)48(53-46)40-28-37(49(2,3)4)29-41(47(40)55)50(5,6)7/h8-31,55H,1-7H3. The van der Waals surface area contributed by atoms with Gasteiger partial charge < -0.3 is 5.11 Å². The van der Waals surface area contributed by atoms with Crippen LogP contribution in [0.25, 0.3) is 72.9 Å². The predicted octanol–water partition coefficient (Wildman–Crippen LogP) is 12.8. The van der Waals surface area contributed by atoms with Gasteiger partial charge >= 0.3 is 0 Å². The minimum absolute atomic E-state index is 0.168. The van der Waals surface area contributed by atoms with Gasteiger partial charge in [0, 0.05) is 34.6 Å². The number of aromatic hydroxyl groups is 1. The fourth-order valence-electron chi connectivity index (χ4n) is 7.42. The zero-order chi connectivity index (χ0) is 38.5. The molecule has 1 N–H and O–H groups in total. The van der Waals surface area contributed by atoms with Gasteiger partial charge in [-0.25, -0.2) is 4.98 Å². The van der Waals surface area contributed by atoms with Gasteiger partial charge in [0.25, 0.3) is 0 Å². The van der Waals surface area contributed by atoms with Crippen LogP contribution in [0.4, 0.5) is 0 Å². The molecule has 0 radical (unpaired) electrons. The van der Waals surface area contributed by atoms with Crippen LogP contribution in [0.15, 0.2) is 146 Å². The van der Waals surface area contributed by atoms with Gasteiger partial charge in [0.1, 0.15) is 17.1 Å². The minimum atomic E-state index is -0.309. The molecule has 0 unspecified atom stereocenters. The molecule has 0 saturated carbocycles. The minimum Gasteiger partial charge on any atom is -0.507 e. The Balaban J connectivity index is 1.39. The van der Waals surface area contributed by atoms with Crippen molar-refractivity contribution in [1.29, 1.82) is 0 Å². The van der Waals surface area contributed by atoms with Gasteiger partial charge in [0.2, 0.25) is 0 Å². The van der Waals surface area contributed by atoms with Gasteiger partial charge in [-0.05, 0) is 75.9 Å². The van der Waals surface area contributed by atoms with Crippen LogP contribution in [-0.4, -0.2) is 24.6 Å². The average molecular weight is 719 g/mol. The first-order chi connectivity index (χ1) is 26.4. The number of pyridine rings is 2. The van der Waals surface area contributed by atoms with Crippen molar-refractivity contribution in [2.75, 3.05) is 0 Å². The largest absolute Gasteiger partial charge is 0.507 e. The number of rotatable bonds is 6. The zero-order valence-electron chi connectivity index (χ0n) is 32.6. The van der Waals surface area contributed by atoms with Gasteiger partial charge in [0.05, 0.1) is 28.2 Å². The summed E-state index contributed by atoms with van der Waals surface area (Å²) in [6.45, 7) is 15.2. The van der Waals surface area contributed by atoms with Crippen LogP contribution in [0.2, 0.25) is 0 Å². The van der Waals surface area contributed by atoms with Crippen molar-refractivity contribution in [2.45, 2.75) is 59.3 Å². The Morgan fingerprint density at radius 1 is 0.564 bits per heavy atom. The number of hydrogen-bond donors (Lipinski definition) is 1. The van der Waals surface area contributed by atoms with Crippen molar-refractivity contribution < 1.29 is 5.11 Å². The van der Waals surface area contributed by atoms with E-state index in [1.54, 1.807) is 0 Å². The van der Waals surface area contributed by atoms with Crippen molar-refractivity contribution in [3.8, 4) is 67.6 Å². The zero-order valence-corrected chi connectivity index (χ0v) is 32.6. The van der Waals surface area contributed by atoms with E-state index in [-0.39, 0.29) is 16.6 Å². The third-order valence-electron chi connectivity index (χ3n) is 10.4. The summed E-state index contributed by atoms with van der Waals surface area (Å²) in [7, 11) is 0. The monoisotopic (exact) mass is 718 g/mol. The number of phenols is 1. The normalized spacial score (nSPS) is 12.0. The van der Waals surface area contributed by atoms with Gasteiger partial charge in [-0.15, -0.1) is 0 Å². The lowest BCUT2D eigenvalue weighted by Crippen LogP contribution is -2.17. The fourth-order valence-corrected chi connectivity index (χ4v) is 7.42. The smallest absolute Gasteiger partial charge is 0.149 e. The second kappa shape index (κ2) is 13.8. The highest BCUT2D eigenvalue weighted by Gasteiger charge is 2.29. The van der Waals surface area contributed by atoms with E-state index < -0.39 is 0 Å². The summed E-state index contributed by atoms with van der Waals surface area (Å²) in [5.74, 6) is 0.899. The van der Waals surface area contributed by atoms with Crippen molar-refractivity contribution >= 4 is 11.0 Å². The van der Waals surface area contributed by atoms with Crippen LogP contribution < -0.4 is 0 Å². The van der Waals surface area contributed by atoms with E-state index in [2.05, 4.69) is 168 Å². The lowest BCUT2D eigenvalue weighted by molar-refractivity contribution is 0.446. The molecule has 0 spiro atoms. The summed E-state index contributed by atoms with van der Waals surface area (Å²) in [5.41, 5.74) is 14.0. The number of phenolic OH excluding ortho intramolecular Hbond substituents is 1. The number of para-hydroxylation sites is 1. The Kier molecular flexibility index (Phi) is 8.97. The third kappa shape index (κ3) is 6.72. The molecule has 8 rings (SSSR count). The highest BCUT2D eigenvalue weighted by atomic mass is 16.3. The van der Waals surface area contributed by atoms with Gasteiger partial charge in [-0.1, -0.05) is 145 Å². The molecule has 0 aliphatic rings. The van der Waals surface area contributed by atoms with E-state index in [0.29, 0.717) is 11.4 Å². The summed E-state index contributed by atoms with van der Waals surface area (Å²) >= 11 is 0. The molecule has 3 heterocycles. The number of aromatic nitrogens is 4. The number of benzene rings is 5. The van der Waals surface area contributed by atoms with E-state index in [0.717, 1.165) is 78.2 Å². The molecule has 5 nitrogen and oxygen atoms in total. The van der Waals surface area contributed by atoms with Crippen LogP contribution in [0.5, 0.6) is 5.75 Å². The predicted molar refractivity (Wildman–Crippen MR) is 228 cm³/mol. The van der Waals surface area contributed by atoms with Crippen molar-refractivity contribution in [2.24, 2.45) is 0 Å². The Morgan fingerprint density at radius 3 is 1.89 bits per heavy atom. The first kappa shape index (κ1) is 35.7. The van der Waals surface area contributed by atoms with Gasteiger partial charge in [-0.3, -0.25) is 14.5 Å². The molecule has 0 aliphatic carbocycles. The van der Waals surface area contributed by atoms with Crippen molar-refractivity contribution in [1.82, 2.24) is 19.5 Å². The number of aryl methyl sites for hydroxylation is 1. The molecule has 5 aromatic carbocycles. The molecule has 3 aromatic heterocycles. The Labute approximate surface area is 324 Å². The quantitative estimate of drug-likeness (QED) is 0.186. The lowest BCUT2D eigenvalue weighted by atomic mass is 9.79. The Hall–Kier alpha value is -6.33. The van der Waals surface area contributed by atoms with E-state index >= 15 is 0 Å².